The Morgan fingerprint density at radius 1 is 0.684 bits per heavy atom. The minimum absolute atomic E-state index is 0.266. The summed E-state index contributed by atoms with van der Waals surface area (Å²) in [7, 11) is 0. The van der Waals surface area contributed by atoms with E-state index in [2.05, 4.69) is 0 Å². The van der Waals surface area contributed by atoms with Gasteiger partial charge < -0.3 is 0 Å². The maximum atomic E-state index is 6.85. The maximum absolute atomic E-state index is 6.85. The lowest BCUT2D eigenvalue weighted by Crippen LogP contribution is -2.61. The Kier molecular flexibility index (Phi) is 2.72. The highest BCUT2D eigenvalue weighted by molar-refractivity contribution is 6.66. The van der Waals surface area contributed by atoms with Gasteiger partial charge in [-0.05, 0) is 13.8 Å². The predicted molar refractivity (Wildman–Crippen MR) is 84.9 cm³/mol. The van der Waals surface area contributed by atoms with Gasteiger partial charge in [0.1, 0.15) is 9.75 Å². The van der Waals surface area contributed by atoms with E-state index >= 15 is 0 Å². The van der Waals surface area contributed by atoms with Gasteiger partial charge in [0.15, 0.2) is 4.33 Å². The summed E-state index contributed by atoms with van der Waals surface area (Å²) in [4.78, 5) is -2.41. The van der Waals surface area contributed by atoms with Crippen LogP contribution >= 0.6 is 69.6 Å². The lowest BCUT2D eigenvalue weighted by molar-refractivity contribution is 0.0987. The highest BCUT2D eigenvalue weighted by Crippen LogP contribution is 2.90. The average molecular weight is 381 g/mol. The van der Waals surface area contributed by atoms with Gasteiger partial charge in [-0.15, -0.1) is 23.2 Å². The molecule has 106 valence electrons. The third-order valence-corrected chi connectivity index (χ3v) is 10.6. The fraction of sp³-hybridized carbons (Fsp3) is 0.692. The quantitative estimate of drug-likeness (QED) is 0.347. The molecule has 4 atom stereocenters. The molecule has 0 aromatic heterocycles. The van der Waals surface area contributed by atoms with E-state index in [0.717, 1.165) is 11.1 Å². The van der Waals surface area contributed by atoms with Crippen molar-refractivity contribution >= 4 is 69.6 Å². The average Bonchev–Trinajstić information content (AvgIpc) is 2.51. The van der Waals surface area contributed by atoms with E-state index in [9.17, 15) is 0 Å². The van der Waals surface area contributed by atoms with Crippen LogP contribution in [0.4, 0.5) is 0 Å². The van der Waals surface area contributed by atoms with Crippen LogP contribution in [0, 0.1) is 10.8 Å². The van der Waals surface area contributed by atoms with Crippen molar-refractivity contribution in [3.8, 4) is 0 Å². The van der Waals surface area contributed by atoms with Gasteiger partial charge in [0.2, 0.25) is 0 Å². The van der Waals surface area contributed by atoms with Crippen molar-refractivity contribution in [2.45, 2.75) is 41.8 Å². The number of hydrogen-bond donors (Lipinski definition) is 0. The fourth-order valence-electron chi connectivity index (χ4n) is 4.53. The molecule has 0 unspecified atom stereocenters. The first-order chi connectivity index (χ1) is 8.38. The van der Waals surface area contributed by atoms with Gasteiger partial charge in [-0.2, -0.15) is 0 Å². The second-order valence-corrected chi connectivity index (χ2v) is 9.24. The molecule has 19 heavy (non-hydrogen) atoms. The first-order valence-corrected chi connectivity index (χ1v) is 8.15. The first kappa shape index (κ1) is 15.1. The molecule has 0 saturated heterocycles. The summed E-state index contributed by atoms with van der Waals surface area (Å²) in [5.41, 5.74) is 1.21. The third kappa shape index (κ3) is 0.932. The smallest absolute Gasteiger partial charge is 0.109 e. The van der Waals surface area contributed by atoms with Crippen molar-refractivity contribution in [1.82, 2.24) is 0 Å². The number of rotatable bonds is 0. The molecule has 0 radical (unpaired) electrons. The van der Waals surface area contributed by atoms with Crippen LogP contribution in [0.1, 0.15) is 27.7 Å². The summed E-state index contributed by atoms with van der Waals surface area (Å²) in [5.74, 6) is 0. The van der Waals surface area contributed by atoms with Crippen LogP contribution in [0.25, 0.3) is 0 Å². The van der Waals surface area contributed by atoms with Crippen molar-refractivity contribution in [3.05, 3.63) is 21.2 Å². The van der Waals surface area contributed by atoms with Crippen LogP contribution in [0.3, 0.4) is 0 Å². The molecule has 0 N–H and O–H groups in total. The van der Waals surface area contributed by atoms with Crippen molar-refractivity contribution in [2.24, 2.45) is 10.8 Å². The Hall–Kier alpha value is 1.22. The topological polar surface area (TPSA) is 0 Å². The standard InChI is InChI=1S/C13H12Cl6/c1-5-6(2)10(4)9(5,3)11(16)7(14)8(15)12(10,17)13(11,18)19/h1-4H3/t9-,10-,11+,12+/m0/s1. The van der Waals surface area contributed by atoms with Gasteiger partial charge in [-0.3, -0.25) is 0 Å². The minimum atomic E-state index is -1.47. The molecule has 3 rings (SSSR count). The summed E-state index contributed by atoms with van der Waals surface area (Å²) < 4.78 is -1.47. The highest BCUT2D eigenvalue weighted by atomic mass is 35.5. The molecule has 3 aliphatic rings. The van der Waals surface area contributed by atoms with Crippen molar-refractivity contribution in [1.29, 1.82) is 0 Å². The SMILES string of the molecule is CC1=C(C)[C@@]2(C)[C@@]1(C)[C@]1(Cl)C(Cl)=C(Cl)[C@]2(Cl)C1(Cl)Cl. The predicted octanol–water partition coefficient (Wildman–Crippen LogP) is 6.19. The van der Waals surface area contributed by atoms with E-state index < -0.39 is 24.9 Å². The summed E-state index contributed by atoms with van der Waals surface area (Å²) >= 11 is 39.7. The number of allylic oxidation sites excluding steroid dienone is 4. The number of fused-ring (bicyclic) bond motifs is 5. The number of alkyl halides is 4. The van der Waals surface area contributed by atoms with Crippen LogP contribution in [0.2, 0.25) is 0 Å². The molecular weight excluding hydrogens is 369 g/mol. The van der Waals surface area contributed by atoms with E-state index in [1.54, 1.807) is 0 Å². The lowest BCUT2D eigenvalue weighted by atomic mass is 9.44. The Bertz CT molecular complexity index is 542. The second kappa shape index (κ2) is 3.42. The molecule has 0 nitrogen and oxygen atoms in total. The van der Waals surface area contributed by atoms with E-state index in [1.165, 1.54) is 0 Å². The Morgan fingerprint density at radius 2 is 0.947 bits per heavy atom. The summed E-state index contributed by atoms with van der Waals surface area (Å²) in [6.45, 7) is 8.06. The van der Waals surface area contributed by atoms with Crippen LogP contribution in [0.5, 0.6) is 0 Å². The molecule has 1 fully saturated rings. The zero-order chi connectivity index (χ0) is 14.8. The van der Waals surface area contributed by atoms with Crippen LogP contribution in [0.15, 0.2) is 21.2 Å². The molecule has 0 aromatic carbocycles. The van der Waals surface area contributed by atoms with Crippen LogP contribution in [-0.4, -0.2) is 14.1 Å². The van der Waals surface area contributed by atoms with Crippen molar-refractivity contribution < 1.29 is 0 Å². The fourth-order valence-corrected chi connectivity index (χ4v) is 8.08. The van der Waals surface area contributed by atoms with E-state index in [4.69, 9.17) is 69.6 Å². The van der Waals surface area contributed by atoms with Crippen molar-refractivity contribution in [3.63, 3.8) is 0 Å². The molecule has 0 spiro atoms. The van der Waals surface area contributed by atoms with E-state index in [0.29, 0.717) is 0 Å². The van der Waals surface area contributed by atoms with Gasteiger partial charge in [0, 0.05) is 10.8 Å². The maximum Gasteiger partial charge on any atom is 0.168 e. The zero-order valence-corrected chi connectivity index (χ0v) is 15.3. The van der Waals surface area contributed by atoms with Gasteiger partial charge in [0.25, 0.3) is 0 Å². The molecule has 3 aliphatic carbocycles. The lowest BCUT2D eigenvalue weighted by Gasteiger charge is -2.62. The van der Waals surface area contributed by atoms with Gasteiger partial charge >= 0.3 is 0 Å². The third-order valence-electron chi connectivity index (χ3n) is 6.10. The molecule has 6 heteroatoms. The van der Waals surface area contributed by atoms with Gasteiger partial charge in [0.05, 0.1) is 10.1 Å². The van der Waals surface area contributed by atoms with Gasteiger partial charge in [-0.1, -0.05) is 71.4 Å². The van der Waals surface area contributed by atoms with E-state index in [1.807, 2.05) is 27.7 Å². The molecule has 0 aliphatic heterocycles. The highest BCUT2D eigenvalue weighted by Gasteiger charge is 2.93. The number of hydrogen-bond acceptors (Lipinski definition) is 0. The number of halogens is 6. The monoisotopic (exact) mass is 378 g/mol. The molecule has 1 saturated carbocycles. The largest absolute Gasteiger partial charge is 0.168 e. The van der Waals surface area contributed by atoms with Gasteiger partial charge in [-0.25, -0.2) is 0 Å². The van der Waals surface area contributed by atoms with Crippen LogP contribution in [-0.2, 0) is 0 Å². The molecule has 0 amide bonds. The Morgan fingerprint density at radius 3 is 1.21 bits per heavy atom. The Labute approximate surface area is 143 Å². The zero-order valence-electron chi connectivity index (χ0n) is 10.8. The normalized spacial score (nSPS) is 54.6. The van der Waals surface area contributed by atoms with Crippen LogP contribution < -0.4 is 0 Å². The molecule has 2 bridgehead atoms. The summed E-state index contributed by atoms with van der Waals surface area (Å²) in [6, 6.07) is 0. The minimum Gasteiger partial charge on any atom is -0.109 e. The molecular formula is C13H12Cl6. The summed E-state index contributed by atoms with van der Waals surface area (Å²) in [6.07, 6.45) is 0. The molecule has 0 aromatic rings. The molecule has 0 heterocycles. The first-order valence-electron chi connectivity index (χ1n) is 5.88. The van der Waals surface area contributed by atoms with Crippen molar-refractivity contribution in [2.75, 3.05) is 0 Å². The summed E-state index contributed by atoms with van der Waals surface area (Å²) in [5, 5.41) is 0.533. The Balaban J connectivity index is 2.49. The second-order valence-electron chi connectivity index (χ2n) is 6.02. The van der Waals surface area contributed by atoms with E-state index in [-0.39, 0.29) is 10.1 Å².